The van der Waals surface area contributed by atoms with Crippen LogP contribution in [-0.2, 0) is 11.3 Å². The molecule has 6 nitrogen and oxygen atoms in total. The van der Waals surface area contributed by atoms with E-state index in [4.69, 9.17) is 5.11 Å². The van der Waals surface area contributed by atoms with Crippen molar-refractivity contribution in [1.29, 1.82) is 0 Å². The Labute approximate surface area is 179 Å². The minimum Gasteiger partial charge on any atom is -0.480 e. The number of aromatic nitrogens is 2. The van der Waals surface area contributed by atoms with Gasteiger partial charge in [0.2, 0.25) is 0 Å². The van der Waals surface area contributed by atoms with Crippen LogP contribution in [-0.4, -0.2) is 40.2 Å². The molecule has 2 aliphatic rings. The molecule has 3 heterocycles. The van der Waals surface area contributed by atoms with E-state index in [1.165, 1.54) is 17.2 Å². The summed E-state index contributed by atoms with van der Waals surface area (Å²) in [4.78, 5) is 21.4. The zero-order chi connectivity index (χ0) is 21.7. The minimum atomic E-state index is -0.830. The summed E-state index contributed by atoms with van der Waals surface area (Å²) in [5, 5.41) is 13.4. The molecule has 0 fully saturated rings. The van der Waals surface area contributed by atoms with E-state index in [0.717, 1.165) is 52.8 Å². The van der Waals surface area contributed by atoms with E-state index in [-0.39, 0.29) is 11.9 Å². The van der Waals surface area contributed by atoms with Crippen LogP contribution in [0.25, 0.3) is 27.7 Å². The van der Waals surface area contributed by atoms with E-state index in [0.29, 0.717) is 6.54 Å². The first-order valence-electron chi connectivity index (χ1n) is 10.6. The van der Waals surface area contributed by atoms with Crippen molar-refractivity contribution in [3.8, 4) is 11.1 Å². The van der Waals surface area contributed by atoms with Gasteiger partial charge < -0.3 is 20.3 Å². The number of pyridine rings is 1. The number of hydrogen-bond donors (Lipinski definition) is 3. The van der Waals surface area contributed by atoms with Crippen molar-refractivity contribution in [2.45, 2.75) is 44.8 Å². The number of hydrogen-bond acceptors (Lipinski definition) is 4. The molecule has 7 heteroatoms. The molecule has 2 aromatic heterocycles. The molecular formula is C24H25FN4O2. The zero-order valence-corrected chi connectivity index (χ0v) is 17.6. The van der Waals surface area contributed by atoms with E-state index in [1.54, 1.807) is 19.2 Å². The number of benzene rings is 1. The molecule has 3 aromatic rings. The van der Waals surface area contributed by atoms with Crippen molar-refractivity contribution in [3.63, 3.8) is 0 Å². The highest BCUT2D eigenvalue weighted by molar-refractivity contribution is 6.02. The van der Waals surface area contributed by atoms with E-state index in [1.807, 2.05) is 19.2 Å². The first kappa shape index (κ1) is 19.8. The molecule has 1 unspecified atom stereocenters. The summed E-state index contributed by atoms with van der Waals surface area (Å²) in [6.45, 7) is 2.37. The average molecular weight is 420 g/mol. The predicted octanol–water partition coefficient (Wildman–Crippen LogP) is 4.32. The number of nitrogens with one attached hydrogen (secondary N) is 2. The Morgan fingerprint density at radius 3 is 2.94 bits per heavy atom. The van der Waals surface area contributed by atoms with Gasteiger partial charge >= 0.3 is 5.97 Å². The monoisotopic (exact) mass is 420 g/mol. The molecule has 0 saturated heterocycles. The highest BCUT2D eigenvalue weighted by Crippen LogP contribution is 2.43. The number of anilines is 1. The molecule has 160 valence electrons. The number of aliphatic carboxylic acids is 1. The van der Waals surface area contributed by atoms with Crippen LogP contribution >= 0.6 is 0 Å². The Kier molecular flexibility index (Phi) is 4.78. The number of aromatic amines is 1. The predicted molar refractivity (Wildman–Crippen MR) is 119 cm³/mol. The van der Waals surface area contributed by atoms with Gasteiger partial charge in [0.05, 0.1) is 0 Å². The maximum absolute atomic E-state index is 14.1. The smallest absolute Gasteiger partial charge is 0.320 e. The van der Waals surface area contributed by atoms with Crippen molar-refractivity contribution in [2.75, 3.05) is 11.9 Å². The second-order valence-corrected chi connectivity index (χ2v) is 8.51. The van der Waals surface area contributed by atoms with Crippen LogP contribution in [0.3, 0.4) is 0 Å². The summed E-state index contributed by atoms with van der Waals surface area (Å²) < 4.78 is 14.1. The molecular weight excluding hydrogens is 395 g/mol. The van der Waals surface area contributed by atoms with Gasteiger partial charge in [-0.3, -0.25) is 4.79 Å². The van der Waals surface area contributed by atoms with Gasteiger partial charge in [0, 0.05) is 53.7 Å². The normalized spacial score (nSPS) is 19.0. The van der Waals surface area contributed by atoms with Gasteiger partial charge in [-0.1, -0.05) is 6.08 Å². The molecule has 1 aliphatic carbocycles. The van der Waals surface area contributed by atoms with E-state index in [2.05, 4.69) is 26.3 Å². The number of carboxylic acids is 1. The quantitative estimate of drug-likeness (QED) is 0.586. The van der Waals surface area contributed by atoms with E-state index >= 15 is 0 Å². The van der Waals surface area contributed by atoms with Crippen molar-refractivity contribution < 1.29 is 14.3 Å². The molecule has 5 rings (SSSR count). The molecule has 0 saturated carbocycles. The second kappa shape index (κ2) is 7.50. The second-order valence-electron chi connectivity index (χ2n) is 8.51. The topological polar surface area (TPSA) is 81.2 Å². The van der Waals surface area contributed by atoms with Gasteiger partial charge in [0.1, 0.15) is 17.5 Å². The fourth-order valence-electron chi connectivity index (χ4n) is 4.85. The Balaban J connectivity index is 1.55. The largest absolute Gasteiger partial charge is 0.480 e. The molecule has 0 bridgehead atoms. The molecule has 1 aliphatic heterocycles. The lowest BCUT2D eigenvalue weighted by Gasteiger charge is -2.25. The summed E-state index contributed by atoms with van der Waals surface area (Å²) in [5.74, 6) is -1.08. The lowest BCUT2D eigenvalue weighted by molar-refractivity contribution is -0.139. The fourth-order valence-corrected chi connectivity index (χ4v) is 4.85. The number of H-pyrrole nitrogens is 1. The van der Waals surface area contributed by atoms with Gasteiger partial charge in [-0.25, -0.2) is 9.37 Å². The third-order valence-corrected chi connectivity index (χ3v) is 6.44. The van der Waals surface area contributed by atoms with Gasteiger partial charge in [-0.2, -0.15) is 0 Å². The minimum absolute atomic E-state index is 0.155. The van der Waals surface area contributed by atoms with Crippen LogP contribution in [0.15, 0.2) is 36.5 Å². The number of nitrogens with zero attached hydrogens (tertiary/aromatic N) is 2. The van der Waals surface area contributed by atoms with Crippen molar-refractivity contribution >= 4 is 28.3 Å². The Bertz CT molecular complexity index is 1220. The molecule has 31 heavy (non-hydrogen) atoms. The standard InChI is InChI=1S/C24H25FN4O2/c1-13(24(30)31)27-16-6-3-14(4-7-16)22-19-12-29(2)20-8-5-15(25)11-18(20)17-9-10-26-23(28-22)21(17)19/h3,5,8-11,13,16,27H,4,6-7,12H2,1-2H3,(H,26,28)(H,30,31)/t13-,16?/m0/s1. The SMILES string of the molecule is C[C@H](NC1CC=C(c2[nH]c3nccc4c3c2CN(C)c2ccc(F)cc2-4)CC1)C(=O)O. The number of fused-ring (bicyclic) bond motifs is 2. The molecule has 2 atom stereocenters. The van der Waals surface area contributed by atoms with E-state index < -0.39 is 12.0 Å². The zero-order valence-electron chi connectivity index (χ0n) is 17.6. The first-order chi connectivity index (χ1) is 14.9. The van der Waals surface area contributed by atoms with Gasteiger partial charge in [0.25, 0.3) is 0 Å². The Hall–Kier alpha value is -3.19. The summed E-state index contributed by atoms with van der Waals surface area (Å²) in [5.41, 5.74) is 7.17. The lowest BCUT2D eigenvalue weighted by Crippen LogP contribution is -2.41. The summed E-state index contributed by atoms with van der Waals surface area (Å²) in [6, 6.07) is 6.50. The summed E-state index contributed by atoms with van der Waals surface area (Å²) in [7, 11) is 2.03. The molecule has 0 spiro atoms. The van der Waals surface area contributed by atoms with Crippen LogP contribution in [0.5, 0.6) is 0 Å². The fraction of sp³-hybridized carbons (Fsp3) is 0.333. The summed E-state index contributed by atoms with van der Waals surface area (Å²) >= 11 is 0. The number of halogens is 1. The van der Waals surface area contributed by atoms with Crippen LogP contribution in [0.2, 0.25) is 0 Å². The third-order valence-electron chi connectivity index (χ3n) is 6.44. The molecule has 3 N–H and O–H groups in total. The molecule has 0 radical (unpaired) electrons. The number of carboxylic acid groups (broad SMARTS) is 1. The lowest BCUT2D eigenvalue weighted by atomic mass is 9.90. The van der Waals surface area contributed by atoms with Crippen LogP contribution < -0.4 is 10.2 Å². The Morgan fingerprint density at radius 1 is 1.35 bits per heavy atom. The Morgan fingerprint density at radius 2 is 2.19 bits per heavy atom. The maximum atomic E-state index is 14.1. The van der Waals surface area contributed by atoms with Crippen LogP contribution in [0.1, 0.15) is 37.4 Å². The molecule has 1 aromatic carbocycles. The first-order valence-corrected chi connectivity index (χ1v) is 10.6. The van der Waals surface area contributed by atoms with Crippen LogP contribution in [0.4, 0.5) is 10.1 Å². The molecule has 0 amide bonds. The number of rotatable bonds is 4. The third kappa shape index (κ3) is 3.39. The van der Waals surface area contributed by atoms with Gasteiger partial charge in [-0.15, -0.1) is 0 Å². The summed E-state index contributed by atoms with van der Waals surface area (Å²) in [6.07, 6.45) is 6.48. The highest BCUT2D eigenvalue weighted by Gasteiger charge is 2.27. The van der Waals surface area contributed by atoms with Crippen molar-refractivity contribution in [1.82, 2.24) is 15.3 Å². The number of allylic oxidation sites excluding steroid dienone is 1. The number of carbonyl (C=O) groups is 1. The average Bonchev–Trinajstić information content (AvgIpc) is 3.06. The van der Waals surface area contributed by atoms with Gasteiger partial charge in [-0.05, 0) is 61.6 Å². The van der Waals surface area contributed by atoms with Gasteiger partial charge in [0.15, 0.2) is 0 Å². The van der Waals surface area contributed by atoms with Crippen LogP contribution in [0, 0.1) is 5.82 Å². The van der Waals surface area contributed by atoms with E-state index in [9.17, 15) is 9.18 Å². The van der Waals surface area contributed by atoms with Crippen molar-refractivity contribution in [2.24, 2.45) is 0 Å². The highest BCUT2D eigenvalue weighted by atomic mass is 19.1. The van der Waals surface area contributed by atoms with Crippen molar-refractivity contribution in [3.05, 3.63) is 53.6 Å². The maximum Gasteiger partial charge on any atom is 0.320 e.